The minimum Gasteiger partial charge on any atom is -0.348 e. The Morgan fingerprint density at radius 3 is 2.38 bits per heavy atom. The standard InChI is InChI=1S/C23H32N2O/c1-16(23-11-17-8-18(12-23)10-19(9-17)13-23)24-22(26)15-25-7-6-20-4-2-3-5-21(20)14-25/h6-7,14,16-19H,2-5,8-13,15H2,1H3/p+1/t16-,17?,18?,19?,23?/m0/s1. The van der Waals surface area contributed by atoms with Crippen LogP contribution in [0.4, 0.5) is 0 Å². The van der Waals surface area contributed by atoms with Gasteiger partial charge in [-0.05, 0) is 99.9 Å². The van der Waals surface area contributed by atoms with Crippen molar-refractivity contribution in [3.63, 3.8) is 0 Å². The van der Waals surface area contributed by atoms with Gasteiger partial charge in [0.05, 0.1) is 0 Å². The van der Waals surface area contributed by atoms with Crippen LogP contribution in [-0.2, 0) is 24.2 Å². The molecule has 0 saturated heterocycles. The minimum absolute atomic E-state index is 0.189. The molecule has 140 valence electrons. The quantitative estimate of drug-likeness (QED) is 0.825. The average Bonchev–Trinajstić information content (AvgIpc) is 2.60. The first kappa shape index (κ1) is 16.8. The maximum Gasteiger partial charge on any atom is 0.286 e. The number of fused-ring (bicyclic) bond motifs is 1. The Hall–Kier alpha value is -1.38. The summed E-state index contributed by atoms with van der Waals surface area (Å²) >= 11 is 0. The summed E-state index contributed by atoms with van der Waals surface area (Å²) in [4.78, 5) is 12.8. The maximum atomic E-state index is 12.8. The molecule has 26 heavy (non-hydrogen) atoms. The van der Waals surface area contributed by atoms with Crippen molar-refractivity contribution in [2.75, 3.05) is 0 Å². The molecule has 5 aliphatic carbocycles. The van der Waals surface area contributed by atoms with E-state index in [4.69, 9.17) is 0 Å². The minimum atomic E-state index is 0.189. The van der Waals surface area contributed by atoms with E-state index in [2.05, 4.69) is 35.3 Å². The molecule has 0 unspecified atom stereocenters. The Bertz CT molecular complexity index is 675. The number of nitrogens with zero attached hydrogens (tertiary/aromatic N) is 1. The number of hydrogen-bond donors (Lipinski definition) is 1. The fraction of sp³-hybridized carbons (Fsp3) is 0.739. The summed E-state index contributed by atoms with van der Waals surface area (Å²) in [5.41, 5.74) is 3.32. The highest BCUT2D eigenvalue weighted by Crippen LogP contribution is 2.61. The van der Waals surface area contributed by atoms with E-state index < -0.39 is 0 Å². The number of carbonyl (C=O) groups is 1. The topological polar surface area (TPSA) is 33.0 Å². The highest BCUT2D eigenvalue weighted by atomic mass is 16.2. The van der Waals surface area contributed by atoms with Crippen molar-refractivity contribution in [3.05, 3.63) is 29.6 Å². The second-order valence-corrected chi connectivity index (χ2v) is 9.94. The van der Waals surface area contributed by atoms with Crippen molar-refractivity contribution in [1.82, 2.24) is 5.32 Å². The molecule has 0 radical (unpaired) electrons. The molecule has 4 saturated carbocycles. The predicted molar refractivity (Wildman–Crippen MR) is 101 cm³/mol. The molecule has 0 aromatic carbocycles. The number of rotatable bonds is 4. The van der Waals surface area contributed by atoms with Gasteiger partial charge >= 0.3 is 0 Å². The zero-order valence-corrected chi connectivity index (χ0v) is 16.2. The number of aromatic nitrogens is 1. The Kier molecular flexibility index (Phi) is 4.10. The van der Waals surface area contributed by atoms with Crippen molar-refractivity contribution < 1.29 is 9.36 Å². The van der Waals surface area contributed by atoms with E-state index in [9.17, 15) is 4.79 Å². The highest BCUT2D eigenvalue weighted by molar-refractivity contribution is 5.74. The summed E-state index contributed by atoms with van der Waals surface area (Å²) in [7, 11) is 0. The molecular formula is C23H33N2O+. The molecule has 1 amide bonds. The Labute approximate surface area is 157 Å². The molecule has 5 aliphatic rings. The van der Waals surface area contributed by atoms with Gasteiger partial charge in [0.25, 0.3) is 5.91 Å². The number of hydrogen-bond acceptors (Lipinski definition) is 1. The van der Waals surface area contributed by atoms with E-state index in [1.165, 1.54) is 75.3 Å². The van der Waals surface area contributed by atoms with Crippen LogP contribution in [0.15, 0.2) is 18.5 Å². The van der Waals surface area contributed by atoms with Crippen LogP contribution in [-0.4, -0.2) is 11.9 Å². The van der Waals surface area contributed by atoms with Crippen LogP contribution in [0, 0.1) is 23.2 Å². The normalized spacial score (nSPS) is 35.8. The van der Waals surface area contributed by atoms with Gasteiger partial charge < -0.3 is 5.32 Å². The molecule has 6 rings (SSSR count). The third-order valence-electron chi connectivity index (χ3n) is 8.05. The largest absolute Gasteiger partial charge is 0.348 e. The molecule has 1 atom stereocenters. The predicted octanol–water partition coefficient (Wildman–Crippen LogP) is 3.57. The van der Waals surface area contributed by atoms with Gasteiger partial charge in [0.2, 0.25) is 6.54 Å². The summed E-state index contributed by atoms with van der Waals surface area (Å²) in [6, 6.07) is 2.55. The molecule has 0 spiro atoms. The molecule has 1 aromatic rings. The van der Waals surface area contributed by atoms with Gasteiger partial charge in [0, 0.05) is 17.7 Å². The molecular weight excluding hydrogens is 320 g/mol. The molecule has 1 heterocycles. The van der Waals surface area contributed by atoms with E-state index in [1.807, 2.05) is 0 Å². The van der Waals surface area contributed by atoms with E-state index in [-0.39, 0.29) is 5.91 Å². The molecule has 4 bridgehead atoms. The van der Waals surface area contributed by atoms with Crippen LogP contribution in [0.1, 0.15) is 69.4 Å². The lowest BCUT2D eigenvalue weighted by Gasteiger charge is -2.59. The van der Waals surface area contributed by atoms with Crippen LogP contribution >= 0.6 is 0 Å². The smallest absolute Gasteiger partial charge is 0.286 e. The van der Waals surface area contributed by atoms with Crippen molar-refractivity contribution in [3.8, 4) is 0 Å². The van der Waals surface area contributed by atoms with Crippen LogP contribution in [0.3, 0.4) is 0 Å². The molecule has 0 aliphatic heterocycles. The van der Waals surface area contributed by atoms with Gasteiger partial charge in [0.15, 0.2) is 12.4 Å². The number of pyridine rings is 1. The van der Waals surface area contributed by atoms with E-state index >= 15 is 0 Å². The second-order valence-electron chi connectivity index (χ2n) is 9.94. The summed E-state index contributed by atoms with van der Waals surface area (Å²) in [5.74, 6) is 3.01. The van der Waals surface area contributed by atoms with Crippen LogP contribution in [0.5, 0.6) is 0 Å². The number of nitrogens with one attached hydrogen (secondary N) is 1. The van der Waals surface area contributed by atoms with Crippen molar-refractivity contribution in [2.24, 2.45) is 23.2 Å². The molecule has 1 aromatic heterocycles. The zero-order chi connectivity index (χ0) is 17.7. The first-order chi connectivity index (χ1) is 12.6. The Morgan fingerprint density at radius 2 is 1.73 bits per heavy atom. The van der Waals surface area contributed by atoms with E-state index in [1.54, 1.807) is 0 Å². The van der Waals surface area contributed by atoms with E-state index in [0.29, 0.717) is 18.0 Å². The monoisotopic (exact) mass is 353 g/mol. The number of carbonyl (C=O) groups excluding carboxylic acids is 1. The van der Waals surface area contributed by atoms with Gasteiger partial charge in [-0.1, -0.05) is 0 Å². The molecule has 3 heteroatoms. The average molecular weight is 354 g/mol. The summed E-state index contributed by atoms with van der Waals surface area (Å²) < 4.78 is 2.09. The van der Waals surface area contributed by atoms with Crippen LogP contribution < -0.4 is 9.88 Å². The second kappa shape index (κ2) is 6.35. The zero-order valence-electron chi connectivity index (χ0n) is 16.2. The first-order valence-electron chi connectivity index (χ1n) is 10.9. The fourth-order valence-corrected chi connectivity index (χ4v) is 7.13. The van der Waals surface area contributed by atoms with Gasteiger partial charge in [-0.2, -0.15) is 4.57 Å². The van der Waals surface area contributed by atoms with Gasteiger partial charge in [-0.15, -0.1) is 0 Å². The van der Waals surface area contributed by atoms with Crippen molar-refractivity contribution in [2.45, 2.75) is 83.7 Å². The summed E-state index contributed by atoms with van der Waals surface area (Å²) in [6.07, 6.45) is 17.7. The summed E-state index contributed by atoms with van der Waals surface area (Å²) in [6.45, 7) is 2.74. The Morgan fingerprint density at radius 1 is 1.12 bits per heavy atom. The molecule has 4 fully saturated rings. The van der Waals surface area contributed by atoms with Crippen LogP contribution in [0.25, 0.3) is 0 Å². The Balaban J connectivity index is 1.24. The maximum absolute atomic E-state index is 12.8. The van der Waals surface area contributed by atoms with Gasteiger partial charge in [-0.25, -0.2) is 0 Å². The lowest BCUT2D eigenvalue weighted by Crippen LogP contribution is -2.57. The number of aryl methyl sites for hydroxylation is 2. The van der Waals surface area contributed by atoms with E-state index in [0.717, 1.165) is 17.8 Å². The van der Waals surface area contributed by atoms with Gasteiger partial charge in [-0.3, -0.25) is 4.79 Å². The molecule has 3 nitrogen and oxygen atoms in total. The van der Waals surface area contributed by atoms with Crippen molar-refractivity contribution in [1.29, 1.82) is 0 Å². The fourth-order valence-electron chi connectivity index (χ4n) is 7.13. The SMILES string of the molecule is C[C@H](NC(=O)C[n+]1ccc2c(c1)CCCC2)C12CC3CC(CC(C3)C1)C2. The lowest BCUT2D eigenvalue weighted by molar-refractivity contribution is -0.685. The highest BCUT2D eigenvalue weighted by Gasteiger charge is 2.53. The third kappa shape index (κ3) is 2.97. The first-order valence-corrected chi connectivity index (χ1v) is 10.9. The molecule has 1 N–H and O–H groups in total. The van der Waals surface area contributed by atoms with Gasteiger partial charge in [0.1, 0.15) is 0 Å². The summed E-state index contributed by atoms with van der Waals surface area (Å²) in [5, 5.41) is 3.41. The lowest BCUT2D eigenvalue weighted by atomic mass is 9.48. The number of amides is 1. The van der Waals surface area contributed by atoms with Crippen LogP contribution in [0.2, 0.25) is 0 Å². The van der Waals surface area contributed by atoms with Crippen molar-refractivity contribution >= 4 is 5.91 Å². The third-order valence-corrected chi connectivity index (χ3v) is 8.05.